The van der Waals surface area contributed by atoms with Crippen LogP contribution in [0, 0.1) is 0 Å². The van der Waals surface area contributed by atoms with Crippen molar-refractivity contribution in [3.8, 4) is 11.6 Å². The number of aromatic nitrogens is 2. The third kappa shape index (κ3) is 5.04. The fraction of sp³-hybridized carbons (Fsp3) is 0.300. The molecule has 28 heavy (non-hydrogen) atoms. The molecule has 7 nitrogen and oxygen atoms in total. The quantitative estimate of drug-likeness (QED) is 0.407. The molecule has 0 radical (unpaired) electrons. The summed E-state index contributed by atoms with van der Waals surface area (Å²) in [6, 6.07) is 6.78. The number of carboxylic acids is 1. The molecule has 0 saturated heterocycles. The van der Waals surface area contributed by atoms with Gasteiger partial charge in [-0.2, -0.15) is 4.98 Å². The molecule has 3 aromatic rings. The van der Waals surface area contributed by atoms with Crippen molar-refractivity contribution in [1.82, 2.24) is 9.97 Å². The lowest BCUT2D eigenvalue weighted by molar-refractivity contribution is -0.145. The van der Waals surface area contributed by atoms with Gasteiger partial charge in [0, 0.05) is 34.2 Å². The van der Waals surface area contributed by atoms with E-state index in [0.717, 1.165) is 24.0 Å². The predicted octanol–water partition coefficient (Wildman–Crippen LogP) is 4.81. The number of rotatable bonds is 9. The summed E-state index contributed by atoms with van der Waals surface area (Å²) in [6.07, 6.45) is 4.79. The molecular formula is C20H20N2O5S. The number of carboxylic acid groups (broad SMARTS) is 1. The van der Waals surface area contributed by atoms with Gasteiger partial charge in [-0.15, -0.1) is 11.3 Å². The van der Waals surface area contributed by atoms with Crippen LogP contribution in [-0.4, -0.2) is 27.0 Å². The molecule has 1 aromatic carbocycles. The maximum Gasteiger partial charge on any atom is 0.337 e. The smallest absolute Gasteiger partial charge is 0.337 e. The standard InChI is InChI=1S/C20H20N2O5S/c1-2-3-4-5-19(23)26-11-17-21-9-8-18(22-17)27-13-6-7-14-15(20(24)25)12-28-16(14)10-13/h6-10,12H,2-5,11H2,1H3,(H,24,25). The van der Waals surface area contributed by atoms with Crippen LogP contribution in [0.1, 0.15) is 48.8 Å². The number of benzene rings is 1. The average molecular weight is 400 g/mol. The number of thiophene rings is 1. The van der Waals surface area contributed by atoms with E-state index in [1.54, 1.807) is 29.6 Å². The molecule has 0 aliphatic carbocycles. The van der Waals surface area contributed by atoms with Gasteiger partial charge in [-0.05, 0) is 24.6 Å². The first kappa shape index (κ1) is 19.8. The Morgan fingerprint density at radius 1 is 1.21 bits per heavy atom. The zero-order valence-corrected chi connectivity index (χ0v) is 16.2. The second-order valence-corrected chi connectivity index (χ2v) is 7.05. The van der Waals surface area contributed by atoms with Crippen molar-refractivity contribution in [2.24, 2.45) is 0 Å². The molecule has 8 heteroatoms. The van der Waals surface area contributed by atoms with Crippen molar-refractivity contribution < 1.29 is 24.2 Å². The van der Waals surface area contributed by atoms with E-state index in [4.69, 9.17) is 9.47 Å². The highest BCUT2D eigenvalue weighted by Crippen LogP contribution is 2.31. The summed E-state index contributed by atoms with van der Waals surface area (Å²) < 4.78 is 11.8. The molecule has 0 aliphatic heterocycles. The normalized spacial score (nSPS) is 10.8. The summed E-state index contributed by atoms with van der Waals surface area (Å²) >= 11 is 1.34. The van der Waals surface area contributed by atoms with Crippen molar-refractivity contribution in [1.29, 1.82) is 0 Å². The van der Waals surface area contributed by atoms with E-state index in [2.05, 4.69) is 16.9 Å². The van der Waals surface area contributed by atoms with Crippen LogP contribution in [0.2, 0.25) is 0 Å². The molecule has 0 atom stereocenters. The van der Waals surface area contributed by atoms with Crippen LogP contribution in [0.3, 0.4) is 0 Å². The molecule has 2 aromatic heterocycles. The Hall–Kier alpha value is -3.00. The topological polar surface area (TPSA) is 98.6 Å². The van der Waals surface area contributed by atoms with Crippen LogP contribution in [0.15, 0.2) is 35.8 Å². The number of ether oxygens (including phenoxy) is 2. The largest absolute Gasteiger partial charge is 0.478 e. The first-order valence-corrected chi connectivity index (χ1v) is 9.84. The minimum atomic E-state index is -0.954. The maximum atomic E-state index is 11.7. The molecule has 0 saturated carbocycles. The number of hydrogen-bond acceptors (Lipinski definition) is 7. The van der Waals surface area contributed by atoms with Crippen molar-refractivity contribution in [3.05, 3.63) is 47.2 Å². The Kier molecular flexibility index (Phi) is 6.54. The van der Waals surface area contributed by atoms with Gasteiger partial charge in [-0.3, -0.25) is 4.79 Å². The van der Waals surface area contributed by atoms with Gasteiger partial charge in [0.2, 0.25) is 5.88 Å². The molecule has 3 rings (SSSR count). The third-order valence-corrected chi connectivity index (χ3v) is 4.97. The van der Waals surface area contributed by atoms with Gasteiger partial charge in [-0.1, -0.05) is 19.8 Å². The molecule has 146 valence electrons. The van der Waals surface area contributed by atoms with Crippen LogP contribution >= 0.6 is 11.3 Å². The second kappa shape index (κ2) is 9.27. The molecule has 0 amide bonds. The lowest BCUT2D eigenvalue weighted by Gasteiger charge is -2.07. The average Bonchev–Trinajstić information content (AvgIpc) is 3.10. The SMILES string of the molecule is CCCCCC(=O)OCc1nccc(Oc2ccc3c(C(=O)O)csc3c2)n1. The van der Waals surface area contributed by atoms with Crippen molar-refractivity contribution in [2.45, 2.75) is 39.2 Å². The van der Waals surface area contributed by atoms with Crippen LogP contribution in [0.25, 0.3) is 10.1 Å². The summed E-state index contributed by atoms with van der Waals surface area (Å²) in [5.74, 6) is -0.00837. The van der Waals surface area contributed by atoms with Gasteiger partial charge in [0.15, 0.2) is 12.4 Å². The Morgan fingerprint density at radius 2 is 2.07 bits per heavy atom. The minimum Gasteiger partial charge on any atom is -0.478 e. The number of fused-ring (bicyclic) bond motifs is 1. The fourth-order valence-electron chi connectivity index (χ4n) is 2.60. The van der Waals surface area contributed by atoms with E-state index in [0.29, 0.717) is 29.3 Å². The highest BCUT2D eigenvalue weighted by molar-refractivity contribution is 7.17. The highest BCUT2D eigenvalue weighted by Gasteiger charge is 2.12. The summed E-state index contributed by atoms with van der Waals surface area (Å²) in [6.45, 7) is 2.07. The summed E-state index contributed by atoms with van der Waals surface area (Å²) in [4.78, 5) is 31.2. The molecule has 0 spiro atoms. The van der Waals surface area contributed by atoms with Gasteiger partial charge >= 0.3 is 11.9 Å². The van der Waals surface area contributed by atoms with E-state index in [1.807, 2.05) is 0 Å². The molecule has 0 bridgehead atoms. The van der Waals surface area contributed by atoms with Gasteiger partial charge in [0.05, 0.1) is 5.56 Å². The van der Waals surface area contributed by atoms with Crippen molar-refractivity contribution in [3.63, 3.8) is 0 Å². The van der Waals surface area contributed by atoms with Gasteiger partial charge in [0.1, 0.15) is 5.75 Å². The number of carbonyl (C=O) groups is 2. The lowest BCUT2D eigenvalue weighted by atomic mass is 10.2. The van der Waals surface area contributed by atoms with Gasteiger partial charge in [0.25, 0.3) is 0 Å². The lowest BCUT2D eigenvalue weighted by Crippen LogP contribution is -2.07. The maximum absolute atomic E-state index is 11.7. The Labute approximate surface area is 166 Å². The van der Waals surface area contributed by atoms with Crippen LogP contribution < -0.4 is 4.74 Å². The van der Waals surface area contributed by atoms with Crippen LogP contribution in [0.5, 0.6) is 11.6 Å². The van der Waals surface area contributed by atoms with Gasteiger partial charge < -0.3 is 14.6 Å². The summed E-state index contributed by atoms with van der Waals surface area (Å²) in [5, 5.41) is 11.5. The molecule has 0 fully saturated rings. The summed E-state index contributed by atoms with van der Waals surface area (Å²) in [7, 11) is 0. The van der Waals surface area contributed by atoms with Crippen LogP contribution in [-0.2, 0) is 16.1 Å². The molecular weight excluding hydrogens is 380 g/mol. The molecule has 1 N–H and O–H groups in total. The molecule has 0 aliphatic rings. The zero-order valence-electron chi connectivity index (χ0n) is 15.4. The van der Waals surface area contributed by atoms with E-state index in [1.165, 1.54) is 17.5 Å². The number of carbonyl (C=O) groups excluding carboxylic acids is 1. The first-order chi connectivity index (χ1) is 13.6. The number of aromatic carboxylic acids is 1. The molecule has 2 heterocycles. The summed E-state index contributed by atoms with van der Waals surface area (Å²) in [5.41, 5.74) is 0.275. The Balaban J connectivity index is 1.63. The monoisotopic (exact) mass is 400 g/mol. The van der Waals surface area contributed by atoms with Crippen molar-refractivity contribution in [2.75, 3.05) is 0 Å². The van der Waals surface area contributed by atoms with Crippen LogP contribution in [0.4, 0.5) is 0 Å². The Morgan fingerprint density at radius 3 is 2.86 bits per heavy atom. The van der Waals surface area contributed by atoms with E-state index in [-0.39, 0.29) is 18.1 Å². The first-order valence-electron chi connectivity index (χ1n) is 8.96. The zero-order chi connectivity index (χ0) is 19.9. The number of nitrogens with zero attached hydrogens (tertiary/aromatic N) is 2. The Bertz CT molecular complexity index is 986. The number of unbranched alkanes of at least 4 members (excludes halogenated alkanes) is 2. The highest BCUT2D eigenvalue weighted by atomic mass is 32.1. The molecule has 0 unspecified atom stereocenters. The third-order valence-electron chi connectivity index (χ3n) is 4.03. The van der Waals surface area contributed by atoms with E-state index in [9.17, 15) is 14.7 Å². The van der Waals surface area contributed by atoms with E-state index < -0.39 is 5.97 Å². The van der Waals surface area contributed by atoms with Crippen molar-refractivity contribution >= 4 is 33.4 Å². The number of esters is 1. The van der Waals surface area contributed by atoms with E-state index >= 15 is 0 Å². The second-order valence-electron chi connectivity index (χ2n) is 6.14. The minimum absolute atomic E-state index is 0.00586. The predicted molar refractivity (Wildman–Crippen MR) is 105 cm³/mol. The fourth-order valence-corrected chi connectivity index (χ4v) is 3.56. The number of hydrogen-bond donors (Lipinski definition) is 1. The van der Waals surface area contributed by atoms with Gasteiger partial charge in [-0.25, -0.2) is 9.78 Å².